The van der Waals surface area contributed by atoms with Gasteiger partial charge in [-0.3, -0.25) is 4.90 Å². The number of nitrogens with one attached hydrogen (secondary N) is 1. The van der Waals surface area contributed by atoms with E-state index in [-0.39, 0.29) is 42.4 Å². The molecule has 0 radical (unpaired) electrons. The number of phenols is 2. The van der Waals surface area contributed by atoms with Crippen molar-refractivity contribution < 1.29 is 10.2 Å². The summed E-state index contributed by atoms with van der Waals surface area (Å²) in [6, 6.07) is 6.63. The van der Waals surface area contributed by atoms with Crippen LogP contribution < -0.4 is 5.32 Å². The Kier molecular flexibility index (Phi) is 8.35. The second-order valence-electron chi connectivity index (χ2n) is 4.45. The molecule has 0 unspecified atom stereocenters. The van der Waals surface area contributed by atoms with E-state index in [2.05, 4.69) is 16.3 Å². The Hall–Kier alpha value is -1.19. The van der Waals surface area contributed by atoms with Crippen LogP contribution in [0.1, 0.15) is 18.0 Å². The lowest BCUT2D eigenvalue weighted by Gasteiger charge is -2.34. The number of benzene rings is 1. The fourth-order valence-corrected chi connectivity index (χ4v) is 2.35. The Labute approximate surface area is 131 Å². The summed E-state index contributed by atoms with van der Waals surface area (Å²) in [5.41, 5.74) is 0.788. The van der Waals surface area contributed by atoms with Crippen LogP contribution in [0.15, 0.2) is 18.2 Å². The van der Waals surface area contributed by atoms with Crippen LogP contribution in [-0.2, 0) is 0 Å². The van der Waals surface area contributed by atoms with Crippen molar-refractivity contribution in [1.29, 1.82) is 5.26 Å². The second-order valence-corrected chi connectivity index (χ2v) is 4.45. The van der Waals surface area contributed by atoms with Crippen molar-refractivity contribution in [3.8, 4) is 17.6 Å². The van der Waals surface area contributed by atoms with Crippen molar-refractivity contribution >= 4 is 24.8 Å². The number of nitriles is 1. The van der Waals surface area contributed by atoms with Gasteiger partial charge in [0, 0.05) is 38.3 Å². The lowest BCUT2D eigenvalue weighted by Crippen LogP contribution is -2.45. The summed E-state index contributed by atoms with van der Waals surface area (Å²) in [7, 11) is 0. The average molecular weight is 320 g/mol. The average Bonchev–Trinajstić information content (AvgIpc) is 2.36. The van der Waals surface area contributed by atoms with E-state index in [1.165, 1.54) is 6.07 Å². The minimum absolute atomic E-state index is 0. The highest BCUT2D eigenvalue weighted by atomic mass is 35.5. The fraction of sp³-hybridized carbons (Fsp3) is 0.462. The molecule has 1 heterocycles. The van der Waals surface area contributed by atoms with Crippen molar-refractivity contribution in [1.82, 2.24) is 10.2 Å². The first-order chi connectivity index (χ1) is 8.70. The summed E-state index contributed by atoms with van der Waals surface area (Å²) in [6.45, 7) is 3.52. The van der Waals surface area contributed by atoms with E-state index in [4.69, 9.17) is 5.26 Å². The number of piperazine rings is 1. The molecule has 5 nitrogen and oxygen atoms in total. The molecule has 0 aliphatic carbocycles. The number of halogens is 2. The molecule has 7 heteroatoms. The molecule has 3 N–H and O–H groups in total. The predicted molar refractivity (Wildman–Crippen MR) is 81.7 cm³/mol. The molecular weight excluding hydrogens is 301 g/mol. The molecule has 1 aliphatic heterocycles. The molecule has 1 atom stereocenters. The quantitative estimate of drug-likeness (QED) is 0.791. The maximum Gasteiger partial charge on any atom is 0.119 e. The third-order valence-corrected chi connectivity index (χ3v) is 3.19. The standard InChI is InChI=1S/C13H17N3O2.2ClH/c14-2-1-13(16-5-3-15-4-6-16)10-7-11(17)9-12(18)8-10;;/h7-9,13,15,17-18H,1,3-6H2;2*1H/t13-;;/m1../s1. The van der Waals surface area contributed by atoms with Gasteiger partial charge in [0.15, 0.2) is 0 Å². The zero-order valence-electron chi connectivity index (χ0n) is 11.0. The van der Waals surface area contributed by atoms with E-state index in [9.17, 15) is 10.2 Å². The van der Waals surface area contributed by atoms with Crippen LogP contribution in [-0.4, -0.2) is 41.3 Å². The Bertz CT molecular complexity index is 439. The monoisotopic (exact) mass is 319 g/mol. The highest BCUT2D eigenvalue weighted by Crippen LogP contribution is 2.30. The van der Waals surface area contributed by atoms with Gasteiger partial charge >= 0.3 is 0 Å². The third kappa shape index (κ3) is 4.73. The minimum atomic E-state index is -0.0740. The van der Waals surface area contributed by atoms with Gasteiger partial charge in [-0.15, -0.1) is 24.8 Å². The normalized spacial score (nSPS) is 16.4. The lowest BCUT2D eigenvalue weighted by molar-refractivity contribution is 0.175. The molecule has 0 amide bonds. The second kappa shape index (κ2) is 8.88. The van der Waals surface area contributed by atoms with Crippen molar-refractivity contribution in [2.45, 2.75) is 12.5 Å². The first-order valence-electron chi connectivity index (χ1n) is 6.05. The molecule has 20 heavy (non-hydrogen) atoms. The van der Waals surface area contributed by atoms with Crippen LogP contribution >= 0.6 is 24.8 Å². The molecular formula is C13H19Cl2N3O2. The van der Waals surface area contributed by atoms with Crippen LogP contribution in [0.2, 0.25) is 0 Å². The number of nitrogens with zero attached hydrogens (tertiary/aromatic N) is 2. The van der Waals surface area contributed by atoms with Gasteiger partial charge in [0.2, 0.25) is 0 Å². The highest BCUT2D eigenvalue weighted by Gasteiger charge is 2.22. The largest absolute Gasteiger partial charge is 0.508 e. The molecule has 112 valence electrons. The molecule has 1 aromatic carbocycles. The predicted octanol–water partition coefficient (Wildman–Crippen LogP) is 1.80. The van der Waals surface area contributed by atoms with E-state index in [0.29, 0.717) is 6.42 Å². The lowest BCUT2D eigenvalue weighted by atomic mass is 10.0. The molecule has 0 spiro atoms. The molecule has 0 saturated carbocycles. The summed E-state index contributed by atoms with van der Waals surface area (Å²) in [5.74, 6) is 0.0612. The van der Waals surface area contributed by atoms with Crippen molar-refractivity contribution in [2.75, 3.05) is 26.2 Å². The Morgan fingerprint density at radius 2 is 1.70 bits per heavy atom. The summed E-state index contributed by atoms with van der Waals surface area (Å²) >= 11 is 0. The van der Waals surface area contributed by atoms with Gasteiger partial charge in [0.1, 0.15) is 11.5 Å². The van der Waals surface area contributed by atoms with Crippen molar-refractivity contribution in [3.63, 3.8) is 0 Å². The third-order valence-electron chi connectivity index (χ3n) is 3.19. The maximum atomic E-state index is 9.54. The Morgan fingerprint density at radius 1 is 1.15 bits per heavy atom. The maximum absolute atomic E-state index is 9.54. The van der Waals surface area contributed by atoms with Crippen LogP contribution in [0.5, 0.6) is 11.5 Å². The molecule has 1 saturated heterocycles. The van der Waals surface area contributed by atoms with Crippen LogP contribution in [0, 0.1) is 11.3 Å². The summed E-state index contributed by atoms with van der Waals surface area (Å²) in [4.78, 5) is 2.20. The first kappa shape index (κ1) is 18.8. The van der Waals surface area contributed by atoms with Crippen molar-refractivity contribution in [2.24, 2.45) is 0 Å². The van der Waals surface area contributed by atoms with Gasteiger partial charge in [0.05, 0.1) is 12.5 Å². The number of rotatable bonds is 3. The smallest absolute Gasteiger partial charge is 0.119 e. The fourth-order valence-electron chi connectivity index (χ4n) is 2.35. The Morgan fingerprint density at radius 3 is 2.20 bits per heavy atom. The SMILES string of the molecule is Cl.Cl.N#CC[C@H](c1cc(O)cc(O)c1)N1CCNCC1. The zero-order chi connectivity index (χ0) is 13.0. The zero-order valence-corrected chi connectivity index (χ0v) is 12.6. The van der Waals surface area contributed by atoms with Gasteiger partial charge in [0.25, 0.3) is 0 Å². The Balaban J connectivity index is 0.00000180. The molecule has 1 fully saturated rings. The molecule has 2 rings (SSSR count). The summed E-state index contributed by atoms with van der Waals surface area (Å²) in [6.07, 6.45) is 0.350. The number of hydrogen-bond acceptors (Lipinski definition) is 5. The molecule has 1 aliphatic rings. The molecule has 1 aromatic rings. The van der Waals surface area contributed by atoms with E-state index in [1.54, 1.807) is 12.1 Å². The van der Waals surface area contributed by atoms with Gasteiger partial charge in [-0.1, -0.05) is 0 Å². The number of aromatic hydroxyl groups is 2. The van der Waals surface area contributed by atoms with Gasteiger partial charge < -0.3 is 15.5 Å². The van der Waals surface area contributed by atoms with E-state index >= 15 is 0 Å². The van der Waals surface area contributed by atoms with E-state index in [0.717, 1.165) is 31.7 Å². The first-order valence-corrected chi connectivity index (χ1v) is 6.05. The van der Waals surface area contributed by atoms with Crippen LogP contribution in [0.4, 0.5) is 0 Å². The van der Waals surface area contributed by atoms with Crippen molar-refractivity contribution in [3.05, 3.63) is 23.8 Å². The van der Waals surface area contributed by atoms with Gasteiger partial charge in [-0.05, 0) is 17.7 Å². The van der Waals surface area contributed by atoms with Crippen LogP contribution in [0.3, 0.4) is 0 Å². The van der Waals surface area contributed by atoms with E-state index < -0.39 is 0 Å². The van der Waals surface area contributed by atoms with Gasteiger partial charge in [-0.2, -0.15) is 5.26 Å². The topological polar surface area (TPSA) is 79.5 Å². The van der Waals surface area contributed by atoms with Crippen LogP contribution in [0.25, 0.3) is 0 Å². The van der Waals surface area contributed by atoms with Gasteiger partial charge in [-0.25, -0.2) is 0 Å². The number of phenolic OH excluding ortho intramolecular Hbond substituents is 2. The summed E-state index contributed by atoms with van der Waals surface area (Å²) < 4.78 is 0. The molecule has 0 bridgehead atoms. The molecule has 0 aromatic heterocycles. The minimum Gasteiger partial charge on any atom is -0.508 e. The highest BCUT2D eigenvalue weighted by molar-refractivity contribution is 5.85. The summed E-state index contributed by atoms with van der Waals surface area (Å²) in [5, 5.41) is 31.3. The number of hydrogen-bond donors (Lipinski definition) is 3. The van der Waals surface area contributed by atoms with E-state index in [1.807, 2.05) is 0 Å².